The molecule has 0 radical (unpaired) electrons. The van der Waals surface area contributed by atoms with Gasteiger partial charge in [-0.05, 0) is 28.9 Å². The van der Waals surface area contributed by atoms with Crippen LogP contribution in [-0.2, 0) is 0 Å². The summed E-state index contributed by atoms with van der Waals surface area (Å²) in [5.74, 6) is -0.968. The number of rotatable bonds is 1. The number of aromatic nitrogens is 1. The zero-order chi connectivity index (χ0) is 8.43. The second-order valence-electron chi connectivity index (χ2n) is 2.11. The third-order valence-corrected chi connectivity index (χ3v) is 1.88. The maximum absolute atomic E-state index is 10.5. The Morgan fingerprint density at radius 1 is 1.73 bits per heavy atom. The summed E-state index contributed by atoms with van der Waals surface area (Å²) in [4.78, 5) is 14.3. The summed E-state index contributed by atoms with van der Waals surface area (Å²) in [6.45, 7) is 1.80. The summed E-state index contributed by atoms with van der Waals surface area (Å²) in [7, 11) is 0. The monoisotopic (exact) mass is 215 g/mol. The fraction of sp³-hybridized carbons (Fsp3) is 0.143. The molecule has 4 heteroatoms. The molecule has 1 aromatic heterocycles. The van der Waals surface area contributed by atoms with Crippen LogP contribution in [-0.4, -0.2) is 16.1 Å². The highest BCUT2D eigenvalue weighted by molar-refractivity contribution is 9.10. The summed E-state index contributed by atoms with van der Waals surface area (Å²) in [6, 6.07) is 1.67. The summed E-state index contributed by atoms with van der Waals surface area (Å²) in [5, 5.41) is 8.59. The van der Waals surface area contributed by atoms with Crippen LogP contribution in [0.2, 0.25) is 0 Å². The molecule has 1 rings (SSSR count). The molecule has 0 aliphatic rings. The molecule has 11 heavy (non-hydrogen) atoms. The largest absolute Gasteiger partial charge is 0.478 e. The Hall–Kier alpha value is -0.900. The van der Waals surface area contributed by atoms with E-state index in [0.29, 0.717) is 4.47 Å². The van der Waals surface area contributed by atoms with Gasteiger partial charge in [-0.2, -0.15) is 0 Å². The van der Waals surface area contributed by atoms with Crippen molar-refractivity contribution in [2.45, 2.75) is 6.92 Å². The minimum atomic E-state index is -0.968. The van der Waals surface area contributed by atoms with Crippen molar-refractivity contribution in [1.29, 1.82) is 0 Å². The van der Waals surface area contributed by atoms with E-state index in [4.69, 9.17) is 5.11 Å². The van der Waals surface area contributed by atoms with E-state index in [2.05, 4.69) is 20.9 Å². The van der Waals surface area contributed by atoms with E-state index >= 15 is 0 Å². The zero-order valence-corrected chi connectivity index (χ0v) is 7.42. The molecule has 0 saturated carbocycles. The Kier molecular flexibility index (Phi) is 2.24. The van der Waals surface area contributed by atoms with Crippen LogP contribution in [0.3, 0.4) is 0 Å². The summed E-state index contributed by atoms with van der Waals surface area (Å²) in [5.41, 5.74) is 0.984. The quantitative estimate of drug-likeness (QED) is 0.779. The molecule has 1 N–H and O–H groups in total. The lowest BCUT2D eigenvalue weighted by atomic mass is 10.2. The van der Waals surface area contributed by atoms with Gasteiger partial charge in [0.25, 0.3) is 0 Å². The van der Waals surface area contributed by atoms with Crippen LogP contribution in [0.25, 0.3) is 0 Å². The van der Waals surface area contributed by atoms with Crippen molar-refractivity contribution < 1.29 is 9.90 Å². The van der Waals surface area contributed by atoms with Crippen molar-refractivity contribution in [2.24, 2.45) is 0 Å². The first-order chi connectivity index (χ1) is 5.11. The topological polar surface area (TPSA) is 50.2 Å². The third kappa shape index (κ3) is 1.77. The predicted octanol–water partition coefficient (Wildman–Crippen LogP) is 1.85. The van der Waals surface area contributed by atoms with Crippen LogP contribution in [0.15, 0.2) is 16.7 Å². The van der Waals surface area contributed by atoms with E-state index in [1.54, 1.807) is 13.0 Å². The smallest absolute Gasteiger partial charge is 0.338 e. The fourth-order valence-corrected chi connectivity index (χ4v) is 1.29. The molecule has 0 fully saturated rings. The highest BCUT2D eigenvalue weighted by Crippen LogP contribution is 2.15. The van der Waals surface area contributed by atoms with E-state index in [-0.39, 0.29) is 5.56 Å². The normalized spacial score (nSPS) is 9.64. The molecule has 0 amide bonds. The molecular formula is C7H6BrNO2. The van der Waals surface area contributed by atoms with Crippen molar-refractivity contribution in [1.82, 2.24) is 4.98 Å². The van der Waals surface area contributed by atoms with E-state index in [1.807, 2.05) is 0 Å². The van der Waals surface area contributed by atoms with Crippen LogP contribution in [0.1, 0.15) is 16.1 Å². The van der Waals surface area contributed by atoms with E-state index in [0.717, 1.165) is 5.69 Å². The number of carbonyl (C=O) groups is 1. The van der Waals surface area contributed by atoms with Gasteiger partial charge in [0.1, 0.15) is 0 Å². The summed E-state index contributed by atoms with van der Waals surface area (Å²) < 4.78 is 0.567. The van der Waals surface area contributed by atoms with Crippen LogP contribution >= 0.6 is 15.9 Å². The average molecular weight is 216 g/mol. The first kappa shape index (κ1) is 8.20. The van der Waals surface area contributed by atoms with Gasteiger partial charge in [-0.3, -0.25) is 4.98 Å². The maximum Gasteiger partial charge on any atom is 0.338 e. The molecule has 0 aliphatic carbocycles. The number of hydrogen-bond donors (Lipinski definition) is 1. The van der Waals surface area contributed by atoms with Crippen molar-refractivity contribution >= 4 is 21.9 Å². The summed E-state index contributed by atoms with van der Waals surface area (Å²) >= 11 is 3.13. The second-order valence-corrected chi connectivity index (χ2v) is 2.97. The van der Waals surface area contributed by atoms with Gasteiger partial charge in [0, 0.05) is 16.4 Å². The van der Waals surface area contributed by atoms with Gasteiger partial charge in [-0.15, -0.1) is 0 Å². The Morgan fingerprint density at radius 2 is 2.36 bits per heavy atom. The van der Waals surface area contributed by atoms with Crippen LogP contribution < -0.4 is 0 Å². The lowest BCUT2D eigenvalue weighted by molar-refractivity contribution is 0.0695. The van der Waals surface area contributed by atoms with Crippen LogP contribution in [0.4, 0.5) is 0 Å². The SMILES string of the molecule is Cc1cc(Br)c(C(=O)O)cn1. The van der Waals surface area contributed by atoms with Gasteiger partial charge in [-0.25, -0.2) is 4.79 Å². The molecule has 1 heterocycles. The van der Waals surface area contributed by atoms with Crippen molar-refractivity contribution in [3.63, 3.8) is 0 Å². The maximum atomic E-state index is 10.5. The van der Waals surface area contributed by atoms with Crippen molar-refractivity contribution in [3.8, 4) is 0 Å². The first-order valence-electron chi connectivity index (χ1n) is 2.96. The van der Waals surface area contributed by atoms with Crippen molar-refractivity contribution in [3.05, 3.63) is 28.0 Å². The fourth-order valence-electron chi connectivity index (χ4n) is 0.684. The number of pyridine rings is 1. The molecule has 0 atom stereocenters. The number of carboxylic acids is 1. The van der Waals surface area contributed by atoms with E-state index < -0.39 is 5.97 Å². The minimum absolute atomic E-state index is 0.190. The number of aryl methyl sites for hydroxylation is 1. The van der Waals surface area contributed by atoms with Gasteiger partial charge in [0.15, 0.2) is 0 Å². The van der Waals surface area contributed by atoms with E-state index in [1.165, 1.54) is 6.20 Å². The number of carboxylic acid groups (broad SMARTS) is 1. The Balaban J connectivity index is 3.20. The molecule has 58 valence electrons. The lowest BCUT2D eigenvalue weighted by Gasteiger charge is -1.97. The number of aromatic carboxylic acids is 1. The number of nitrogens with zero attached hydrogens (tertiary/aromatic N) is 1. The second kappa shape index (κ2) is 3.00. The zero-order valence-electron chi connectivity index (χ0n) is 5.84. The Labute approximate surface area is 72.2 Å². The van der Waals surface area contributed by atoms with Gasteiger partial charge >= 0.3 is 5.97 Å². The molecule has 0 spiro atoms. The standard InChI is InChI=1S/C7H6BrNO2/c1-4-2-6(8)5(3-9-4)7(10)11/h2-3H,1H3,(H,10,11). The Morgan fingerprint density at radius 3 is 2.82 bits per heavy atom. The van der Waals surface area contributed by atoms with E-state index in [9.17, 15) is 4.79 Å². The third-order valence-electron chi connectivity index (χ3n) is 1.22. The first-order valence-corrected chi connectivity index (χ1v) is 3.76. The lowest BCUT2D eigenvalue weighted by Crippen LogP contribution is -1.98. The average Bonchev–Trinajstić information content (AvgIpc) is 1.85. The molecule has 0 bridgehead atoms. The predicted molar refractivity (Wildman–Crippen MR) is 43.6 cm³/mol. The van der Waals surface area contributed by atoms with Gasteiger partial charge in [-0.1, -0.05) is 0 Å². The van der Waals surface area contributed by atoms with Gasteiger partial charge < -0.3 is 5.11 Å². The molecule has 0 unspecified atom stereocenters. The molecule has 0 aliphatic heterocycles. The van der Waals surface area contributed by atoms with Gasteiger partial charge in [0.2, 0.25) is 0 Å². The molecule has 3 nitrogen and oxygen atoms in total. The molecule has 1 aromatic rings. The number of halogens is 1. The molecule has 0 saturated heterocycles. The highest BCUT2D eigenvalue weighted by Gasteiger charge is 2.07. The Bertz CT molecular complexity index is 298. The van der Waals surface area contributed by atoms with Crippen LogP contribution in [0.5, 0.6) is 0 Å². The molecule has 0 aromatic carbocycles. The highest BCUT2D eigenvalue weighted by atomic mass is 79.9. The van der Waals surface area contributed by atoms with Gasteiger partial charge in [0.05, 0.1) is 5.56 Å². The van der Waals surface area contributed by atoms with Crippen molar-refractivity contribution in [2.75, 3.05) is 0 Å². The molecular weight excluding hydrogens is 210 g/mol. The van der Waals surface area contributed by atoms with Crippen LogP contribution in [0, 0.1) is 6.92 Å². The number of hydrogen-bond acceptors (Lipinski definition) is 2. The summed E-state index contributed by atoms with van der Waals surface area (Å²) in [6.07, 6.45) is 1.34. The minimum Gasteiger partial charge on any atom is -0.478 e.